The van der Waals surface area contributed by atoms with Crippen LogP contribution < -0.4 is 10.1 Å². The van der Waals surface area contributed by atoms with Crippen LogP contribution >= 0.6 is 0 Å². The summed E-state index contributed by atoms with van der Waals surface area (Å²) in [6.07, 6.45) is 4.44. The Morgan fingerprint density at radius 3 is 2.44 bits per heavy atom. The van der Waals surface area contributed by atoms with Crippen molar-refractivity contribution in [1.29, 1.82) is 0 Å². The fourth-order valence-electron chi connectivity index (χ4n) is 6.12. The molecule has 8 heteroatoms. The Balaban J connectivity index is 1.16. The van der Waals surface area contributed by atoms with Crippen molar-refractivity contribution in [2.24, 2.45) is 5.41 Å². The van der Waals surface area contributed by atoms with Gasteiger partial charge in [-0.05, 0) is 61.2 Å². The molecule has 2 aromatic carbocycles. The van der Waals surface area contributed by atoms with E-state index in [-0.39, 0.29) is 29.7 Å². The van der Waals surface area contributed by atoms with E-state index >= 15 is 0 Å². The van der Waals surface area contributed by atoms with Crippen molar-refractivity contribution in [3.63, 3.8) is 0 Å². The van der Waals surface area contributed by atoms with Gasteiger partial charge in [-0.1, -0.05) is 42.0 Å². The monoisotopic (exact) mass is 528 g/mol. The molecular weight excluding hydrogens is 495 g/mol. The number of carbonyl (C=O) groups is 1. The second kappa shape index (κ2) is 10.5. The number of carbonyl (C=O) groups excluding carboxylic acids is 1. The van der Waals surface area contributed by atoms with Gasteiger partial charge in [-0.3, -0.25) is 4.79 Å². The van der Waals surface area contributed by atoms with Crippen LogP contribution in [-0.2, 0) is 4.74 Å². The van der Waals surface area contributed by atoms with Crippen LogP contribution in [0.4, 0.5) is 4.39 Å². The Kier molecular flexibility index (Phi) is 6.91. The van der Waals surface area contributed by atoms with E-state index in [2.05, 4.69) is 39.4 Å². The number of halogens is 1. The van der Waals surface area contributed by atoms with Crippen LogP contribution in [-0.4, -0.2) is 60.2 Å². The lowest BCUT2D eigenvalue weighted by molar-refractivity contribution is -0.0106. The fraction of sp³-hybridized carbons (Fsp3) is 0.387. The molecule has 1 N–H and O–H groups in total. The summed E-state index contributed by atoms with van der Waals surface area (Å²) in [5.41, 5.74) is 6.13. The molecule has 7 nitrogen and oxygen atoms in total. The summed E-state index contributed by atoms with van der Waals surface area (Å²) in [5, 5.41) is 2.99. The second-order valence-electron chi connectivity index (χ2n) is 11.2. The third-order valence-corrected chi connectivity index (χ3v) is 7.93. The van der Waals surface area contributed by atoms with E-state index < -0.39 is 0 Å². The van der Waals surface area contributed by atoms with Gasteiger partial charge in [-0.2, -0.15) is 4.98 Å². The molecule has 3 fully saturated rings. The molecule has 6 rings (SSSR count). The number of hydrogen-bond donors (Lipinski definition) is 1. The van der Waals surface area contributed by atoms with Crippen LogP contribution in [0.1, 0.15) is 59.5 Å². The van der Waals surface area contributed by atoms with Crippen molar-refractivity contribution in [2.75, 3.05) is 33.4 Å². The first-order chi connectivity index (χ1) is 18.9. The molecule has 3 heterocycles. The zero-order valence-electron chi connectivity index (χ0n) is 22.3. The lowest BCUT2D eigenvalue weighted by atomic mass is 9.59. The minimum atomic E-state index is -0.362. The van der Waals surface area contributed by atoms with Crippen LogP contribution in [0.3, 0.4) is 0 Å². The van der Waals surface area contributed by atoms with Crippen molar-refractivity contribution in [3.05, 3.63) is 94.7 Å². The van der Waals surface area contributed by atoms with Gasteiger partial charge in [-0.15, -0.1) is 0 Å². The molecule has 2 saturated heterocycles. The quantitative estimate of drug-likeness (QED) is 0.475. The number of likely N-dealkylation sites (tertiary alicyclic amines) is 1. The van der Waals surface area contributed by atoms with E-state index in [1.807, 2.05) is 31.2 Å². The number of amides is 1. The first kappa shape index (κ1) is 25.6. The van der Waals surface area contributed by atoms with Gasteiger partial charge in [0.1, 0.15) is 11.9 Å². The highest BCUT2D eigenvalue weighted by Crippen LogP contribution is 2.54. The molecule has 1 amide bonds. The predicted molar refractivity (Wildman–Crippen MR) is 146 cm³/mol. The average Bonchev–Trinajstić information content (AvgIpc) is 3.41. The van der Waals surface area contributed by atoms with Crippen LogP contribution in [0.15, 0.2) is 66.4 Å². The van der Waals surface area contributed by atoms with Gasteiger partial charge in [0, 0.05) is 37.2 Å². The van der Waals surface area contributed by atoms with Crippen LogP contribution in [0.25, 0.3) is 5.57 Å². The zero-order valence-corrected chi connectivity index (χ0v) is 22.3. The highest BCUT2D eigenvalue weighted by molar-refractivity contribution is 5.90. The van der Waals surface area contributed by atoms with E-state index in [4.69, 9.17) is 9.47 Å². The number of benzene rings is 2. The van der Waals surface area contributed by atoms with E-state index in [1.165, 1.54) is 29.5 Å². The van der Waals surface area contributed by atoms with Crippen LogP contribution in [0, 0.1) is 11.2 Å². The van der Waals surface area contributed by atoms with E-state index in [1.54, 1.807) is 6.07 Å². The van der Waals surface area contributed by atoms with Crippen molar-refractivity contribution >= 4 is 11.5 Å². The smallest absolute Gasteiger partial charge is 0.289 e. The van der Waals surface area contributed by atoms with Gasteiger partial charge >= 0.3 is 0 Å². The number of allylic oxidation sites excluding steroid dienone is 1. The second-order valence-corrected chi connectivity index (χ2v) is 11.2. The predicted octanol–water partition coefficient (Wildman–Crippen LogP) is 4.80. The summed E-state index contributed by atoms with van der Waals surface area (Å²) in [4.78, 5) is 23.7. The number of rotatable bonds is 7. The SMILES string of the molecule is C[C@@H](NC(=O)c1nccc(O[C@@H]2CCOC2)n1)c1ccc(C(=C2CC3(C2)CN(C)C3)c2ccc(F)cc2)cc1. The highest BCUT2D eigenvalue weighted by atomic mass is 19.1. The highest BCUT2D eigenvalue weighted by Gasteiger charge is 2.49. The van der Waals surface area contributed by atoms with Crippen LogP contribution in [0.5, 0.6) is 5.88 Å². The van der Waals surface area contributed by atoms with Gasteiger partial charge in [0.15, 0.2) is 0 Å². The molecule has 2 aliphatic heterocycles. The zero-order chi connectivity index (χ0) is 27.0. The Bertz CT molecular complexity index is 1370. The summed E-state index contributed by atoms with van der Waals surface area (Å²) in [5.74, 6) is -0.157. The van der Waals surface area contributed by atoms with Crippen molar-refractivity contribution < 1.29 is 18.7 Å². The van der Waals surface area contributed by atoms with Crippen molar-refractivity contribution in [1.82, 2.24) is 20.2 Å². The maximum absolute atomic E-state index is 13.7. The summed E-state index contributed by atoms with van der Waals surface area (Å²) in [7, 11) is 2.16. The molecule has 1 aromatic heterocycles. The van der Waals surface area contributed by atoms with Gasteiger partial charge < -0.3 is 19.7 Å². The molecule has 39 heavy (non-hydrogen) atoms. The summed E-state index contributed by atoms with van der Waals surface area (Å²) in [6, 6.07) is 16.4. The maximum atomic E-state index is 13.7. The third kappa shape index (κ3) is 5.44. The largest absolute Gasteiger partial charge is 0.472 e. The normalized spacial score (nSPS) is 20.7. The van der Waals surface area contributed by atoms with E-state index in [0.29, 0.717) is 24.5 Å². The topological polar surface area (TPSA) is 76.6 Å². The minimum Gasteiger partial charge on any atom is -0.472 e. The molecule has 1 saturated carbocycles. The number of hydrogen-bond acceptors (Lipinski definition) is 6. The Morgan fingerprint density at radius 1 is 1.10 bits per heavy atom. The summed E-state index contributed by atoms with van der Waals surface area (Å²) >= 11 is 0. The number of ether oxygens (including phenoxy) is 2. The summed E-state index contributed by atoms with van der Waals surface area (Å²) < 4.78 is 24.8. The van der Waals surface area contributed by atoms with Gasteiger partial charge in [-0.25, -0.2) is 9.37 Å². The van der Waals surface area contributed by atoms with Gasteiger partial charge in [0.2, 0.25) is 11.7 Å². The lowest BCUT2D eigenvalue weighted by Crippen LogP contribution is -2.58. The van der Waals surface area contributed by atoms with E-state index in [9.17, 15) is 9.18 Å². The van der Waals surface area contributed by atoms with Crippen molar-refractivity contribution in [3.8, 4) is 5.88 Å². The first-order valence-electron chi connectivity index (χ1n) is 13.5. The average molecular weight is 529 g/mol. The maximum Gasteiger partial charge on any atom is 0.289 e. The molecule has 3 aliphatic rings. The van der Waals surface area contributed by atoms with E-state index in [0.717, 1.165) is 49.0 Å². The molecule has 2 atom stereocenters. The molecule has 0 bridgehead atoms. The Morgan fingerprint density at radius 2 is 1.79 bits per heavy atom. The molecule has 202 valence electrons. The fourth-order valence-corrected chi connectivity index (χ4v) is 6.12. The number of nitrogens with one attached hydrogen (secondary N) is 1. The van der Waals surface area contributed by atoms with Crippen molar-refractivity contribution in [2.45, 2.75) is 38.3 Å². The Labute approximate surface area is 228 Å². The third-order valence-electron chi connectivity index (χ3n) is 7.93. The number of aromatic nitrogens is 2. The van der Waals surface area contributed by atoms with Crippen LogP contribution in [0.2, 0.25) is 0 Å². The first-order valence-corrected chi connectivity index (χ1v) is 13.5. The molecule has 1 spiro atoms. The lowest BCUT2D eigenvalue weighted by Gasteiger charge is -2.56. The molecular formula is C31H33FN4O3. The van der Waals surface area contributed by atoms with Gasteiger partial charge in [0.25, 0.3) is 5.91 Å². The molecule has 1 aliphatic carbocycles. The standard InChI is InChI=1S/C31H33FN4O3/c1-20(34-30(37)29-33-13-11-27(35-29)39-26-12-14-38-17-26)21-3-5-22(6-4-21)28(23-7-9-25(32)10-8-23)24-15-31(16-24)18-36(2)19-31/h3-11,13,20,26H,12,14-19H2,1-2H3,(H,34,37)/t20-,26-/m1/s1. The molecule has 3 aromatic rings. The van der Waals surface area contributed by atoms with Gasteiger partial charge in [0.05, 0.1) is 19.3 Å². The Hall–Kier alpha value is -3.62. The molecule has 0 radical (unpaired) electrons. The minimum absolute atomic E-state index is 0.0523. The molecule has 0 unspecified atom stereocenters. The number of nitrogens with zero attached hydrogens (tertiary/aromatic N) is 3. The summed E-state index contributed by atoms with van der Waals surface area (Å²) in [6.45, 7) is 5.40.